The number of carbonyl (C=O) groups is 1. The van der Waals surface area contributed by atoms with Crippen LogP contribution in [0.2, 0.25) is 0 Å². The Hall–Kier alpha value is -0.910. The molecular weight excluding hydrogens is 258 g/mol. The molecule has 0 aromatic carbocycles. The monoisotopic (exact) mass is 281 g/mol. The first-order valence-electron chi connectivity index (χ1n) is 6.97. The number of hydrogen-bond donors (Lipinski definition) is 1. The van der Waals surface area contributed by atoms with Crippen LogP contribution < -0.4 is 5.32 Å². The van der Waals surface area contributed by atoms with Crippen LogP contribution in [0.3, 0.4) is 0 Å². The van der Waals surface area contributed by atoms with Gasteiger partial charge < -0.3 is 5.32 Å². The van der Waals surface area contributed by atoms with Gasteiger partial charge in [-0.3, -0.25) is 14.6 Å². The molecule has 106 valence electrons. The Balaban J connectivity index is 1.77. The molecule has 2 heterocycles. The molecule has 0 aliphatic carbocycles. The van der Waals surface area contributed by atoms with Crippen LogP contribution in [0.5, 0.6) is 0 Å². The SMILES string of the molecule is CCNC(=O)[C@@H](C)N1CCN(Cc2cccs2)CC1. The highest BCUT2D eigenvalue weighted by Crippen LogP contribution is 2.14. The fourth-order valence-electron chi connectivity index (χ4n) is 2.42. The molecular formula is C14H23N3OS. The van der Waals surface area contributed by atoms with Crippen molar-refractivity contribution in [3.05, 3.63) is 22.4 Å². The van der Waals surface area contributed by atoms with Gasteiger partial charge >= 0.3 is 0 Å². The molecule has 0 unspecified atom stereocenters. The Morgan fingerprint density at radius 1 is 1.42 bits per heavy atom. The third kappa shape index (κ3) is 4.03. The van der Waals surface area contributed by atoms with Gasteiger partial charge in [-0.25, -0.2) is 0 Å². The average Bonchev–Trinajstić information content (AvgIpc) is 2.92. The Morgan fingerprint density at radius 2 is 2.16 bits per heavy atom. The fraction of sp³-hybridized carbons (Fsp3) is 0.643. The van der Waals surface area contributed by atoms with Gasteiger partial charge in [0.1, 0.15) is 0 Å². The summed E-state index contributed by atoms with van der Waals surface area (Å²) >= 11 is 1.82. The number of likely N-dealkylation sites (N-methyl/N-ethyl adjacent to an activating group) is 1. The van der Waals surface area contributed by atoms with E-state index in [1.165, 1.54) is 4.88 Å². The third-order valence-electron chi connectivity index (χ3n) is 3.64. The van der Waals surface area contributed by atoms with Crippen molar-refractivity contribution in [2.24, 2.45) is 0 Å². The zero-order chi connectivity index (χ0) is 13.7. The zero-order valence-electron chi connectivity index (χ0n) is 11.8. The molecule has 1 fully saturated rings. The molecule has 19 heavy (non-hydrogen) atoms. The van der Waals surface area contributed by atoms with Crippen molar-refractivity contribution >= 4 is 17.2 Å². The highest BCUT2D eigenvalue weighted by molar-refractivity contribution is 7.09. The predicted molar refractivity (Wildman–Crippen MR) is 79.3 cm³/mol. The highest BCUT2D eigenvalue weighted by Gasteiger charge is 2.25. The normalized spacial score (nSPS) is 19.3. The van der Waals surface area contributed by atoms with E-state index in [0.717, 1.165) is 32.7 Å². The first kappa shape index (κ1) is 14.5. The Bertz CT molecular complexity index is 385. The number of piperazine rings is 1. The minimum atomic E-state index is -0.0103. The van der Waals surface area contributed by atoms with Crippen LogP contribution in [0.4, 0.5) is 0 Å². The third-order valence-corrected chi connectivity index (χ3v) is 4.51. The first-order valence-corrected chi connectivity index (χ1v) is 7.85. The summed E-state index contributed by atoms with van der Waals surface area (Å²) in [5.41, 5.74) is 0. The second kappa shape index (κ2) is 7.03. The molecule has 1 amide bonds. The summed E-state index contributed by atoms with van der Waals surface area (Å²) in [7, 11) is 0. The molecule has 4 nitrogen and oxygen atoms in total. The second-order valence-electron chi connectivity index (χ2n) is 4.96. The molecule has 0 radical (unpaired) electrons. The molecule has 1 aliphatic rings. The van der Waals surface area contributed by atoms with E-state index in [-0.39, 0.29) is 11.9 Å². The van der Waals surface area contributed by atoms with Gasteiger partial charge in [-0.2, -0.15) is 0 Å². The van der Waals surface area contributed by atoms with Crippen LogP contribution in [0.15, 0.2) is 17.5 Å². The number of rotatable bonds is 5. The van der Waals surface area contributed by atoms with Gasteiger partial charge in [0, 0.05) is 44.1 Å². The van der Waals surface area contributed by atoms with E-state index < -0.39 is 0 Å². The Kier molecular flexibility index (Phi) is 5.36. The molecule has 0 spiro atoms. The number of thiophene rings is 1. The topological polar surface area (TPSA) is 35.6 Å². The van der Waals surface area contributed by atoms with Crippen LogP contribution in [0, 0.1) is 0 Å². The van der Waals surface area contributed by atoms with E-state index in [1.54, 1.807) is 0 Å². The quantitative estimate of drug-likeness (QED) is 0.886. The van der Waals surface area contributed by atoms with Crippen molar-refractivity contribution in [1.82, 2.24) is 15.1 Å². The molecule has 5 heteroatoms. The van der Waals surface area contributed by atoms with Gasteiger partial charge in [-0.05, 0) is 25.3 Å². The van der Waals surface area contributed by atoms with Crippen molar-refractivity contribution in [2.75, 3.05) is 32.7 Å². The number of amides is 1. The summed E-state index contributed by atoms with van der Waals surface area (Å²) in [6.45, 7) is 9.75. The summed E-state index contributed by atoms with van der Waals surface area (Å²) in [6, 6.07) is 4.28. The molecule has 2 rings (SSSR count). The van der Waals surface area contributed by atoms with Crippen molar-refractivity contribution in [2.45, 2.75) is 26.4 Å². The fourth-order valence-corrected chi connectivity index (χ4v) is 3.17. The van der Waals surface area contributed by atoms with Gasteiger partial charge in [-0.1, -0.05) is 6.07 Å². The smallest absolute Gasteiger partial charge is 0.237 e. The largest absolute Gasteiger partial charge is 0.355 e. The predicted octanol–water partition coefficient (Wildman–Crippen LogP) is 1.39. The maximum Gasteiger partial charge on any atom is 0.237 e. The average molecular weight is 281 g/mol. The molecule has 1 aliphatic heterocycles. The van der Waals surface area contributed by atoms with Crippen LogP contribution in [0.1, 0.15) is 18.7 Å². The van der Waals surface area contributed by atoms with Crippen LogP contribution >= 0.6 is 11.3 Å². The number of hydrogen-bond acceptors (Lipinski definition) is 4. The van der Waals surface area contributed by atoms with Gasteiger partial charge in [0.2, 0.25) is 5.91 Å². The molecule has 1 aromatic heterocycles. The minimum absolute atomic E-state index is 0.0103. The van der Waals surface area contributed by atoms with E-state index in [2.05, 4.69) is 32.6 Å². The first-order chi connectivity index (χ1) is 9.20. The van der Waals surface area contributed by atoms with E-state index in [4.69, 9.17) is 0 Å². The number of carbonyl (C=O) groups excluding carboxylic acids is 1. The van der Waals surface area contributed by atoms with E-state index in [0.29, 0.717) is 6.54 Å². The van der Waals surface area contributed by atoms with Crippen LogP contribution in [-0.2, 0) is 11.3 Å². The number of nitrogens with zero attached hydrogens (tertiary/aromatic N) is 2. The molecule has 1 N–H and O–H groups in total. The van der Waals surface area contributed by atoms with Crippen molar-refractivity contribution in [1.29, 1.82) is 0 Å². The minimum Gasteiger partial charge on any atom is -0.355 e. The van der Waals surface area contributed by atoms with Crippen LogP contribution in [-0.4, -0.2) is 54.5 Å². The van der Waals surface area contributed by atoms with E-state index in [9.17, 15) is 4.79 Å². The standard InChI is InChI=1S/C14H23N3OS/c1-3-15-14(18)12(2)17-8-6-16(7-9-17)11-13-5-4-10-19-13/h4-5,10,12H,3,6-9,11H2,1-2H3,(H,15,18)/t12-/m1/s1. The summed E-state index contributed by atoms with van der Waals surface area (Å²) in [4.78, 5) is 18.0. The maximum absolute atomic E-state index is 11.8. The molecule has 1 aromatic rings. The number of nitrogens with one attached hydrogen (secondary N) is 1. The maximum atomic E-state index is 11.8. The van der Waals surface area contributed by atoms with E-state index in [1.807, 2.05) is 25.2 Å². The Labute approximate surface area is 119 Å². The highest BCUT2D eigenvalue weighted by atomic mass is 32.1. The lowest BCUT2D eigenvalue weighted by Crippen LogP contribution is -2.53. The van der Waals surface area contributed by atoms with Gasteiger partial charge in [0.25, 0.3) is 0 Å². The lowest BCUT2D eigenvalue weighted by atomic mass is 10.2. The molecule has 0 bridgehead atoms. The summed E-state index contributed by atoms with van der Waals surface area (Å²) < 4.78 is 0. The van der Waals surface area contributed by atoms with Gasteiger partial charge in [0.15, 0.2) is 0 Å². The van der Waals surface area contributed by atoms with Crippen LogP contribution in [0.25, 0.3) is 0 Å². The lowest BCUT2D eigenvalue weighted by molar-refractivity contribution is -0.126. The van der Waals surface area contributed by atoms with Gasteiger partial charge in [-0.15, -0.1) is 11.3 Å². The van der Waals surface area contributed by atoms with Crippen molar-refractivity contribution < 1.29 is 4.79 Å². The second-order valence-corrected chi connectivity index (χ2v) is 5.99. The summed E-state index contributed by atoms with van der Waals surface area (Å²) in [6.07, 6.45) is 0. The lowest BCUT2D eigenvalue weighted by Gasteiger charge is -2.37. The van der Waals surface area contributed by atoms with Gasteiger partial charge in [0.05, 0.1) is 6.04 Å². The van der Waals surface area contributed by atoms with E-state index >= 15 is 0 Å². The zero-order valence-corrected chi connectivity index (χ0v) is 12.6. The Morgan fingerprint density at radius 3 is 2.74 bits per heavy atom. The molecule has 0 saturated carbocycles. The molecule has 1 saturated heterocycles. The van der Waals surface area contributed by atoms with Crippen molar-refractivity contribution in [3.63, 3.8) is 0 Å². The summed E-state index contributed by atoms with van der Waals surface area (Å²) in [5, 5.41) is 5.03. The van der Waals surface area contributed by atoms with Crippen molar-refractivity contribution in [3.8, 4) is 0 Å². The molecule has 1 atom stereocenters. The summed E-state index contributed by atoms with van der Waals surface area (Å²) in [5.74, 6) is 0.147.